The first kappa shape index (κ1) is 28.5. The quantitative estimate of drug-likeness (QED) is 0.453. The Labute approximate surface area is 219 Å². The van der Waals surface area contributed by atoms with Crippen LogP contribution in [0.1, 0.15) is 52.5 Å². The van der Waals surface area contributed by atoms with Crippen molar-refractivity contribution in [1.82, 2.24) is 4.90 Å². The van der Waals surface area contributed by atoms with E-state index in [2.05, 4.69) is 5.32 Å². The number of ether oxygens (including phenoxy) is 2. The zero-order chi connectivity index (χ0) is 27.2. The minimum Gasteiger partial charge on any atom is -0.493 e. The molecule has 0 saturated carbocycles. The van der Waals surface area contributed by atoms with Gasteiger partial charge in [0.2, 0.25) is 11.8 Å². The van der Waals surface area contributed by atoms with Gasteiger partial charge in [-0.25, -0.2) is 0 Å². The molecule has 1 fully saturated rings. The average molecular weight is 533 g/mol. The van der Waals surface area contributed by atoms with E-state index in [0.29, 0.717) is 30.8 Å². The van der Waals surface area contributed by atoms with Crippen LogP contribution >= 0.6 is 0 Å². The second-order valence-electron chi connectivity index (χ2n) is 10.4. The highest BCUT2D eigenvalue weighted by Gasteiger charge is 2.27. The Morgan fingerprint density at radius 3 is 2.38 bits per heavy atom. The van der Waals surface area contributed by atoms with E-state index >= 15 is 0 Å². The average Bonchev–Trinajstić information content (AvgIpc) is 3.31. The molecule has 2 aromatic rings. The maximum absolute atomic E-state index is 13.2. The second-order valence-corrected chi connectivity index (χ2v) is 11.9. The van der Waals surface area contributed by atoms with Crippen LogP contribution in [0.5, 0.6) is 11.5 Å². The highest BCUT2D eigenvalue weighted by Crippen LogP contribution is 2.32. The molecule has 0 spiro atoms. The number of carbonyl (C=O) groups is 2. The van der Waals surface area contributed by atoms with Crippen LogP contribution in [0, 0.1) is 5.41 Å². The molecule has 2 aromatic carbocycles. The second kappa shape index (κ2) is 12.0. The van der Waals surface area contributed by atoms with Crippen LogP contribution in [0.3, 0.4) is 0 Å². The first-order valence-corrected chi connectivity index (χ1v) is 13.7. The van der Waals surface area contributed by atoms with Gasteiger partial charge in [-0.05, 0) is 60.2 Å². The molecule has 1 heterocycles. The third kappa shape index (κ3) is 8.46. The number of amides is 2. The van der Waals surface area contributed by atoms with E-state index < -0.39 is 10.1 Å². The minimum atomic E-state index is -4.19. The Hall–Kier alpha value is -3.11. The molecule has 1 saturated heterocycles. The first-order valence-electron chi connectivity index (χ1n) is 12.2. The van der Waals surface area contributed by atoms with Gasteiger partial charge in [0.1, 0.15) is 4.90 Å². The molecule has 37 heavy (non-hydrogen) atoms. The number of benzene rings is 2. The van der Waals surface area contributed by atoms with E-state index in [9.17, 15) is 18.0 Å². The molecular formula is C27H36N2O7S. The molecule has 1 unspecified atom stereocenters. The number of hydrogen-bond acceptors (Lipinski definition) is 7. The van der Waals surface area contributed by atoms with Gasteiger partial charge in [0.25, 0.3) is 0 Å². The Bertz CT molecular complexity index is 1200. The van der Waals surface area contributed by atoms with E-state index in [-0.39, 0.29) is 46.3 Å². The summed E-state index contributed by atoms with van der Waals surface area (Å²) in [4.78, 5) is 26.1. The van der Waals surface area contributed by atoms with Crippen molar-refractivity contribution in [2.75, 3.05) is 25.6 Å². The van der Waals surface area contributed by atoms with Gasteiger partial charge in [-0.15, -0.1) is 0 Å². The molecule has 202 valence electrons. The number of anilines is 1. The van der Waals surface area contributed by atoms with Crippen molar-refractivity contribution in [3.05, 3.63) is 48.0 Å². The fourth-order valence-electron chi connectivity index (χ4n) is 4.03. The molecular weight excluding hydrogens is 496 g/mol. The zero-order valence-electron chi connectivity index (χ0n) is 22.1. The van der Waals surface area contributed by atoms with Crippen LogP contribution in [0.2, 0.25) is 0 Å². The van der Waals surface area contributed by atoms with Crippen molar-refractivity contribution in [2.24, 2.45) is 5.41 Å². The molecule has 0 aromatic heterocycles. The van der Waals surface area contributed by atoms with E-state index in [4.69, 9.17) is 13.7 Å². The molecule has 0 radical (unpaired) electrons. The minimum absolute atomic E-state index is 0.00756. The summed E-state index contributed by atoms with van der Waals surface area (Å²) in [6.45, 7) is 8.85. The summed E-state index contributed by atoms with van der Waals surface area (Å²) in [5.74, 6) is 0.0104. The van der Waals surface area contributed by atoms with Crippen molar-refractivity contribution in [3.63, 3.8) is 0 Å². The van der Waals surface area contributed by atoms with E-state index in [0.717, 1.165) is 12.8 Å². The lowest BCUT2D eigenvalue weighted by Crippen LogP contribution is -2.38. The SMILES string of the molecule is COc1ccc(CN(CC2CCCO2)C(=O)CC(C)(C)C)cc1OS(=O)(=O)c1ccc(NC(C)=O)cc1. The fourth-order valence-corrected chi connectivity index (χ4v) is 4.97. The Kier molecular flexibility index (Phi) is 9.20. The van der Waals surface area contributed by atoms with Gasteiger partial charge < -0.3 is 23.9 Å². The monoisotopic (exact) mass is 532 g/mol. The van der Waals surface area contributed by atoms with Gasteiger partial charge in [0, 0.05) is 38.7 Å². The number of rotatable bonds is 10. The van der Waals surface area contributed by atoms with E-state index in [1.54, 1.807) is 23.1 Å². The van der Waals surface area contributed by atoms with Crippen molar-refractivity contribution in [3.8, 4) is 11.5 Å². The molecule has 1 N–H and O–H groups in total. The van der Waals surface area contributed by atoms with Crippen LogP contribution in [-0.4, -0.2) is 51.5 Å². The van der Waals surface area contributed by atoms with Crippen LogP contribution < -0.4 is 14.2 Å². The van der Waals surface area contributed by atoms with Crippen molar-refractivity contribution >= 4 is 27.6 Å². The molecule has 0 bridgehead atoms. The molecule has 1 aliphatic rings. The Morgan fingerprint density at radius 1 is 1.11 bits per heavy atom. The summed E-state index contributed by atoms with van der Waals surface area (Å²) in [5, 5.41) is 2.59. The van der Waals surface area contributed by atoms with Gasteiger partial charge in [0.05, 0.1) is 13.2 Å². The lowest BCUT2D eigenvalue weighted by Gasteiger charge is -2.29. The van der Waals surface area contributed by atoms with E-state index in [1.807, 2.05) is 20.8 Å². The number of nitrogens with zero attached hydrogens (tertiary/aromatic N) is 1. The molecule has 10 heteroatoms. The zero-order valence-corrected chi connectivity index (χ0v) is 22.9. The molecule has 0 aliphatic carbocycles. The highest BCUT2D eigenvalue weighted by molar-refractivity contribution is 7.87. The number of carbonyl (C=O) groups excluding carboxylic acids is 2. The summed E-state index contributed by atoms with van der Waals surface area (Å²) in [6, 6.07) is 10.7. The molecule has 3 rings (SSSR count). The molecule has 2 amide bonds. The van der Waals surface area contributed by atoms with Crippen LogP contribution in [0.15, 0.2) is 47.4 Å². The Balaban J connectivity index is 1.83. The lowest BCUT2D eigenvalue weighted by molar-refractivity contribution is -0.135. The summed E-state index contributed by atoms with van der Waals surface area (Å²) in [5.41, 5.74) is 0.994. The molecule has 1 atom stereocenters. The lowest BCUT2D eigenvalue weighted by atomic mass is 9.91. The topological polar surface area (TPSA) is 111 Å². The van der Waals surface area contributed by atoms with Gasteiger partial charge in [-0.2, -0.15) is 8.42 Å². The molecule has 9 nitrogen and oxygen atoms in total. The van der Waals surface area contributed by atoms with Gasteiger partial charge >= 0.3 is 10.1 Å². The largest absolute Gasteiger partial charge is 0.493 e. The van der Waals surface area contributed by atoms with Gasteiger partial charge in [0.15, 0.2) is 11.5 Å². The predicted molar refractivity (Wildman–Crippen MR) is 140 cm³/mol. The van der Waals surface area contributed by atoms with Crippen LogP contribution in [-0.2, 0) is 31.0 Å². The normalized spacial score (nSPS) is 15.8. The summed E-state index contributed by atoms with van der Waals surface area (Å²) in [6.07, 6.45) is 2.23. The first-order chi connectivity index (χ1) is 17.4. The van der Waals surface area contributed by atoms with Crippen molar-refractivity contribution < 1.29 is 31.7 Å². The standard InChI is InChI=1S/C27H36N2O7S/c1-19(30)28-21-9-11-23(12-10-21)37(32,33)36-25-15-20(8-13-24(25)34-5)17-29(18-22-7-6-14-35-22)26(31)16-27(2,3)4/h8-13,15,22H,6-7,14,16-18H2,1-5H3,(H,28,30). The van der Waals surface area contributed by atoms with Gasteiger partial charge in [-0.3, -0.25) is 9.59 Å². The third-order valence-corrected chi connectivity index (χ3v) is 7.00. The number of nitrogens with one attached hydrogen (secondary N) is 1. The maximum atomic E-state index is 13.2. The summed E-state index contributed by atoms with van der Waals surface area (Å²) in [7, 11) is -2.76. The van der Waals surface area contributed by atoms with Crippen LogP contribution in [0.4, 0.5) is 5.69 Å². The highest BCUT2D eigenvalue weighted by atomic mass is 32.2. The number of hydrogen-bond donors (Lipinski definition) is 1. The van der Waals surface area contributed by atoms with Gasteiger partial charge in [-0.1, -0.05) is 26.8 Å². The summed E-state index contributed by atoms with van der Waals surface area (Å²) >= 11 is 0. The Morgan fingerprint density at radius 2 is 1.81 bits per heavy atom. The third-order valence-electron chi connectivity index (χ3n) is 5.75. The fraction of sp³-hybridized carbons (Fsp3) is 0.481. The smallest absolute Gasteiger partial charge is 0.339 e. The van der Waals surface area contributed by atoms with Crippen LogP contribution in [0.25, 0.3) is 0 Å². The maximum Gasteiger partial charge on any atom is 0.339 e. The van der Waals surface area contributed by atoms with Crippen molar-refractivity contribution in [2.45, 2.75) is 64.5 Å². The summed E-state index contributed by atoms with van der Waals surface area (Å²) < 4.78 is 42.5. The number of methoxy groups -OCH3 is 1. The van der Waals surface area contributed by atoms with E-state index in [1.165, 1.54) is 38.3 Å². The molecule has 1 aliphatic heterocycles. The predicted octanol–water partition coefficient (Wildman–Crippen LogP) is 4.37. The van der Waals surface area contributed by atoms with Crippen molar-refractivity contribution in [1.29, 1.82) is 0 Å².